The Hall–Kier alpha value is -0.370. The first-order chi connectivity index (χ1) is 4.25. The fourth-order valence-electron chi connectivity index (χ4n) is 0.874. The van der Waals surface area contributed by atoms with Gasteiger partial charge >= 0.3 is 0 Å². The molecule has 0 aromatic heterocycles. The Balaban J connectivity index is 2.30. The van der Waals surface area contributed by atoms with Crippen molar-refractivity contribution in [2.24, 2.45) is 5.92 Å². The first kappa shape index (κ1) is 6.75. The van der Waals surface area contributed by atoms with Crippen LogP contribution in [0.1, 0.15) is 20.3 Å². The monoisotopic (exact) mass is 128 g/mol. The Morgan fingerprint density at radius 3 is 2.78 bits per heavy atom. The fourth-order valence-corrected chi connectivity index (χ4v) is 0.874. The van der Waals surface area contributed by atoms with Gasteiger partial charge in [0.15, 0.2) is 0 Å². The number of hydrogen-bond acceptors (Lipinski definition) is 2. The molecular formula is C7H12O2. The Morgan fingerprint density at radius 2 is 2.44 bits per heavy atom. The van der Waals surface area contributed by atoms with Crippen molar-refractivity contribution in [3.63, 3.8) is 0 Å². The second kappa shape index (κ2) is 2.48. The molecular weight excluding hydrogens is 116 g/mol. The summed E-state index contributed by atoms with van der Waals surface area (Å²) in [7, 11) is 0. The van der Waals surface area contributed by atoms with Gasteiger partial charge in [-0.1, -0.05) is 13.8 Å². The van der Waals surface area contributed by atoms with Crippen molar-refractivity contribution < 1.29 is 9.53 Å². The van der Waals surface area contributed by atoms with Crippen LogP contribution in [0.3, 0.4) is 0 Å². The lowest BCUT2D eigenvalue weighted by atomic mass is 10.0. The number of Topliss-reactive ketones (excluding diaryl/α,β-unsaturated/α-hetero) is 1. The summed E-state index contributed by atoms with van der Waals surface area (Å²) in [6.45, 7) is 4.61. The summed E-state index contributed by atoms with van der Waals surface area (Å²) in [6, 6.07) is 0. The second-order valence-corrected chi connectivity index (χ2v) is 2.48. The van der Waals surface area contributed by atoms with Gasteiger partial charge in [0.2, 0.25) is 0 Å². The summed E-state index contributed by atoms with van der Waals surface area (Å²) in [6.07, 6.45) is 0.888. The molecule has 52 valence electrons. The van der Waals surface area contributed by atoms with Crippen molar-refractivity contribution in [2.45, 2.75) is 26.4 Å². The van der Waals surface area contributed by atoms with Gasteiger partial charge in [0.25, 0.3) is 0 Å². The summed E-state index contributed by atoms with van der Waals surface area (Å²) in [5.41, 5.74) is 0. The van der Waals surface area contributed by atoms with E-state index in [2.05, 4.69) is 0 Å². The van der Waals surface area contributed by atoms with Crippen LogP contribution < -0.4 is 0 Å². The lowest BCUT2D eigenvalue weighted by Crippen LogP contribution is -2.15. The normalized spacial score (nSPS) is 27.6. The topological polar surface area (TPSA) is 29.6 Å². The van der Waals surface area contributed by atoms with Crippen LogP contribution >= 0.6 is 0 Å². The lowest BCUT2D eigenvalue weighted by Gasteiger charge is -2.02. The van der Waals surface area contributed by atoms with E-state index >= 15 is 0 Å². The first-order valence-corrected chi connectivity index (χ1v) is 3.40. The summed E-state index contributed by atoms with van der Waals surface area (Å²) in [4.78, 5) is 10.9. The maximum absolute atomic E-state index is 10.9. The Labute approximate surface area is 55.2 Å². The smallest absolute Gasteiger partial charge is 0.138 e. The van der Waals surface area contributed by atoms with Gasteiger partial charge in [-0.05, 0) is 0 Å². The Kier molecular flexibility index (Phi) is 1.86. The summed E-state index contributed by atoms with van der Waals surface area (Å²) < 4.78 is 4.97. The van der Waals surface area contributed by atoms with Crippen molar-refractivity contribution in [2.75, 3.05) is 6.61 Å². The van der Waals surface area contributed by atoms with Crippen molar-refractivity contribution in [1.29, 1.82) is 0 Å². The summed E-state index contributed by atoms with van der Waals surface area (Å²) in [5, 5.41) is 0. The third-order valence-electron chi connectivity index (χ3n) is 1.77. The van der Waals surface area contributed by atoms with Crippen LogP contribution in [0.5, 0.6) is 0 Å². The summed E-state index contributed by atoms with van der Waals surface area (Å²) >= 11 is 0. The minimum Gasteiger partial charge on any atom is -0.372 e. The molecule has 0 amide bonds. The molecule has 0 spiro atoms. The van der Waals surface area contributed by atoms with Crippen LogP contribution in [0, 0.1) is 5.92 Å². The molecule has 0 N–H and O–H groups in total. The average Bonchev–Trinajstić information content (AvgIpc) is 2.66. The van der Waals surface area contributed by atoms with Crippen LogP contribution in [0.25, 0.3) is 0 Å². The molecule has 0 radical (unpaired) electrons. The molecule has 0 aromatic carbocycles. The van der Waals surface area contributed by atoms with Crippen molar-refractivity contribution in [1.82, 2.24) is 0 Å². The number of ether oxygens (including phenoxy) is 1. The molecule has 9 heavy (non-hydrogen) atoms. The number of rotatable bonds is 3. The molecule has 2 atom stereocenters. The zero-order valence-electron chi connectivity index (χ0n) is 5.89. The Bertz CT molecular complexity index is 116. The minimum absolute atomic E-state index is 0.134. The predicted octanol–water partition coefficient (Wildman–Crippen LogP) is 1.00. The van der Waals surface area contributed by atoms with E-state index in [0.29, 0.717) is 12.2 Å². The number of epoxide rings is 1. The highest BCUT2D eigenvalue weighted by molar-refractivity contribution is 5.81. The molecule has 1 saturated heterocycles. The minimum atomic E-state index is 0.134. The van der Waals surface area contributed by atoms with Crippen LogP contribution in [0.15, 0.2) is 0 Å². The van der Waals surface area contributed by atoms with E-state index in [9.17, 15) is 4.79 Å². The highest BCUT2D eigenvalue weighted by atomic mass is 16.6. The third-order valence-corrected chi connectivity index (χ3v) is 1.77. The fraction of sp³-hybridized carbons (Fsp3) is 0.857. The molecule has 1 aliphatic rings. The first-order valence-electron chi connectivity index (χ1n) is 3.40. The lowest BCUT2D eigenvalue weighted by molar-refractivity contribution is -0.122. The van der Waals surface area contributed by atoms with Crippen molar-refractivity contribution >= 4 is 5.78 Å². The molecule has 0 saturated carbocycles. The van der Waals surface area contributed by atoms with Gasteiger partial charge < -0.3 is 4.74 Å². The van der Waals surface area contributed by atoms with E-state index in [1.54, 1.807) is 0 Å². The standard InChI is InChI=1S/C7H12O2/c1-3-6(8)5(2)7-4-9-7/h5,7H,3-4H2,1-2H3. The molecule has 2 unspecified atom stereocenters. The molecule has 1 heterocycles. The van der Waals surface area contributed by atoms with E-state index < -0.39 is 0 Å². The second-order valence-electron chi connectivity index (χ2n) is 2.48. The third kappa shape index (κ3) is 1.52. The maximum atomic E-state index is 10.9. The highest BCUT2D eigenvalue weighted by Crippen LogP contribution is 2.20. The van der Waals surface area contributed by atoms with E-state index in [1.807, 2.05) is 13.8 Å². The molecule has 2 heteroatoms. The molecule has 2 nitrogen and oxygen atoms in total. The number of carbonyl (C=O) groups excluding carboxylic acids is 1. The zero-order chi connectivity index (χ0) is 6.85. The maximum Gasteiger partial charge on any atom is 0.138 e. The number of hydrogen-bond donors (Lipinski definition) is 0. The van der Waals surface area contributed by atoms with Gasteiger partial charge in [0.1, 0.15) is 5.78 Å². The van der Waals surface area contributed by atoms with E-state index in [4.69, 9.17) is 4.74 Å². The molecule has 1 fully saturated rings. The van der Waals surface area contributed by atoms with Crippen LogP contribution in [0.4, 0.5) is 0 Å². The SMILES string of the molecule is CCC(=O)C(C)C1CO1. The summed E-state index contributed by atoms with van der Waals surface area (Å²) in [5.74, 6) is 0.451. The number of carbonyl (C=O) groups is 1. The van der Waals surface area contributed by atoms with Crippen molar-refractivity contribution in [3.05, 3.63) is 0 Å². The Morgan fingerprint density at radius 1 is 1.89 bits per heavy atom. The molecule has 0 aromatic rings. The van der Waals surface area contributed by atoms with E-state index in [0.717, 1.165) is 6.61 Å². The van der Waals surface area contributed by atoms with Gasteiger partial charge in [0, 0.05) is 12.3 Å². The molecule has 0 bridgehead atoms. The van der Waals surface area contributed by atoms with E-state index in [1.165, 1.54) is 0 Å². The highest BCUT2D eigenvalue weighted by Gasteiger charge is 2.32. The molecule has 1 rings (SSSR count). The van der Waals surface area contributed by atoms with Crippen LogP contribution in [0.2, 0.25) is 0 Å². The number of ketones is 1. The average molecular weight is 128 g/mol. The molecule has 1 aliphatic heterocycles. The van der Waals surface area contributed by atoms with Gasteiger partial charge in [-0.25, -0.2) is 0 Å². The van der Waals surface area contributed by atoms with E-state index in [-0.39, 0.29) is 12.0 Å². The van der Waals surface area contributed by atoms with Crippen LogP contribution in [-0.2, 0) is 9.53 Å². The van der Waals surface area contributed by atoms with Crippen molar-refractivity contribution in [3.8, 4) is 0 Å². The van der Waals surface area contributed by atoms with Crippen LogP contribution in [-0.4, -0.2) is 18.5 Å². The van der Waals surface area contributed by atoms with Gasteiger partial charge in [-0.2, -0.15) is 0 Å². The zero-order valence-corrected chi connectivity index (χ0v) is 5.89. The predicted molar refractivity (Wildman–Crippen MR) is 34.2 cm³/mol. The molecule has 0 aliphatic carbocycles. The van der Waals surface area contributed by atoms with Gasteiger partial charge in [0.05, 0.1) is 12.7 Å². The quantitative estimate of drug-likeness (QED) is 0.531. The van der Waals surface area contributed by atoms with Gasteiger partial charge in [-0.3, -0.25) is 4.79 Å². The van der Waals surface area contributed by atoms with Gasteiger partial charge in [-0.15, -0.1) is 0 Å². The largest absolute Gasteiger partial charge is 0.372 e.